The molecule has 0 saturated carbocycles. The Bertz CT molecular complexity index is 242. The minimum absolute atomic E-state index is 0.0110. The summed E-state index contributed by atoms with van der Waals surface area (Å²) < 4.78 is 4.74. The number of aromatic nitrogens is 1. The molecule has 1 aromatic rings. The van der Waals surface area contributed by atoms with Gasteiger partial charge in [0, 0.05) is 5.92 Å². The van der Waals surface area contributed by atoms with Gasteiger partial charge in [-0.15, -0.1) is 0 Å². The first-order chi connectivity index (χ1) is 5.70. The number of oxazole rings is 1. The summed E-state index contributed by atoms with van der Waals surface area (Å²) in [4.78, 5) is 14.9. The summed E-state index contributed by atoms with van der Waals surface area (Å²) in [7, 11) is 0. The molecular formula is C8H12N2O2. The Morgan fingerprint density at radius 3 is 3.00 bits per heavy atom. The molecule has 0 saturated heterocycles. The van der Waals surface area contributed by atoms with Gasteiger partial charge in [-0.05, 0) is 0 Å². The van der Waals surface area contributed by atoms with E-state index in [-0.39, 0.29) is 11.8 Å². The highest BCUT2D eigenvalue weighted by molar-refractivity contribution is 5.77. The third kappa shape index (κ3) is 2.38. The van der Waals surface area contributed by atoms with Gasteiger partial charge in [0.05, 0.1) is 12.2 Å². The van der Waals surface area contributed by atoms with Gasteiger partial charge in [-0.3, -0.25) is 4.79 Å². The SMILES string of the molecule is CC(C)C(=O)NCc1cocn1. The van der Waals surface area contributed by atoms with Gasteiger partial charge in [0.1, 0.15) is 6.26 Å². The van der Waals surface area contributed by atoms with Crippen LogP contribution in [0, 0.1) is 5.92 Å². The van der Waals surface area contributed by atoms with E-state index >= 15 is 0 Å². The highest BCUT2D eigenvalue weighted by atomic mass is 16.3. The molecule has 4 heteroatoms. The lowest BCUT2D eigenvalue weighted by molar-refractivity contribution is -0.124. The second-order valence-electron chi connectivity index (χ2n) is 2.85. The van der Waals surface area contributed by atoms with Gasteiger partial charge in [0.25, 0.3) is 0 Å². The van der Waals surface area contributed by atoms with Crippen LogP contribution < -0.4 is 5.32 Å². The van der Waals surface area contributed by atoms with E-state index in [4.69, 9.17) is 4.42 Å². The van der Waals surface area contributed by atoms with Crippen molar-refractivity contribution in [1.82, 2.24) is 10.3 Å². The van der Waals surface area contributed by atoms with E-state index in [0.717, 1.165) is 5.69 Å². The normalized spacial score (nSPS) is 10.2. The van der Waals surface area contributed by atoms with Gasteiger partial charge in [-0.2, -0.15) is 0 Å². The first-order valence-corrected chi connectivity index (χ1v) is 3.85. The lowest BCUT2D eigenvalue weighted by Crippen LogP contribution is -2.27. The number of hydrogen-bond acceptors (Lipinski definition) is 3. The molecule has 1 amide bonds. The molecule has 0 aromatic carbocycles. The summed E-state index contributed by atoms with van der Waals surface area (Å²) in [6, 6.07) is 0. The number of nitrogens with one attached hydrogen (secondary N) is 1. The van der Waals surface area contributed by atoms with Gasteiger partial charge in [-0.1, -0.05) is 13.8 Å². The zero-order valence-electron chi connectivity index (χ0n) is 7.20. The number of rotatable bonds is 3. The van der Waals surface area contributed by atoms with Gasteiger partial charge in [0.2, 0.25) is 5.91 Å². The fraction of sp³-hybridized carbons (Fsp3) is 0.500. The summed E-state index contributed by atoms with van der Waals surface area (Å²) >= 11 is 0. The molecule has 1 N–H and O–H groups in total. The largest absolute Gasteiger partial charge is 0.451 e. The third-order valence-corrected chi connectivity index (χ3v) is 1.45. The maximum atomic E-state index is 11.1. The summed E-state index contributed by atoms with van der Waals surface area (Å²) in [5, 5.41) is 2.72. The molecule has 0 bridgehead atoms. The average molecular weight is 168 g/mol. The maximum absolute atomic E-state index is 11.1. The van der Waals surface area contributed by atoms with Crippen molar-refractivity contribution < 1.29 is 9.21 Å². The Hall–Kier alpha value is -1.32. The number of amides is 1. The Morgan fingerprint density at radius 1 is 1.75 bits per heavy atom. The van der Waals surface area contributed by atoms with Crippen LogP contribution in [0.1, 0.15) is 19.5 Å². The highest BCUT2D eigenvalue weighted by Gasteiger charge is 2.06. The molecule has 0 aliphatic heterocycles. The van der Waals surface area contributed by atoms with Crippen LogP contribution in [0.2, 0.25) is 0 Å². The van der Waals surface area contributed by atoms with E-state index in [2.05, 4.69) is 10.3 Å². The average Bonchev–Trinajstić information content (AvgIpc) is 2.51. The smallest absolute Gasteiger partial charge is 0.222 e. The molecule has 12 heavy (non-hydrogen) atoms. The molecule has 4 nitrogen and oxygen atoms in total. The second kappa shape index (κ2) is 3.90. The minimum atomic E-state index is 0.0110. The Morgan fingerprint density at radius 2 is 2.50 bits per heavy atom. The van der Waals surface area contributed by atoms with E-state index in [1.807, 2.05) is 13.8 Å². The van der Waals surface area contributed by atoms with Crippen LogP contribution in [0.3, 0.4) is 0 Å². The quantitative estimate of drug-likeness (QED) is 0.731. The van der Waals surface area contributed by atoms with Gasteiger partial charge >= 0.3 is 0 Å². The third-order valence-electron chi connectivity index (χ3n) is 1.45. The number of nitrogens with zero attached hydrogens (tertiary/aromatic N) is 1. The standard InChI is InChI=1S/C8H12N2O2/c1-6(2)8(11)9-3-7-4-12-5-10-7/h4-6H,3H2,1-2H3,(H,9,11). The van der Waals surface area contributed by atoms with Crippen LogP contribution >= 0.6 is 0 Å². The zero-order chi connectivity index (χ0) is 8.97. The molecule has 1 rings (SSSR count). The summed E-state index contributed by atoms with van der Waals surface area (Å²) in [6.45, 7) is 4.13. The highest BCUT2D eigenvalue weighted by Crippen LogP contribution is 1.95. The Kier molecular flexibility index (Phi) is 2.85. The zero-order valence-corrected chi connectivity index (χ0v) is 7.20. The monoisotopic (exact) mass is 168 g/mol. The molecule has 0 radical (unpaired) electrons. The van der Waals surface area contributed by atoms with Crippen LogP contribution in [-0.4, -0.2) is 10.9 Å². The van der Waals surface area contributed by atoms with Crippen molar-refractivity contribution in [3.8, 4) is 0 Å². The van der Waals surface area contributed by atoms with E-state index < -0.39 is 0 Å². The predicted octanol–water partition coefficient (Wildman–Crippen LogP) is 0.947. The molecule has 0 fully saturated rings. The van der Waals surface area contributed by atoms with Crippen molar-refractivity contribution in [3.05, 3.63) is 18.4 Å². The summed E-state index contributed by atoms with van der Waals surface area (Å²) in [6.07, 6.45) is 2.86. The van der Waals surface area contributed by atoms with Crippen LogP contribution in [0.25, 0.3) is 0 Å². The van der Waals surface area contributed by atoms with Crippen LogP contribution in [-0.2, 0) is 11.3 Å². The summed E-state index contributed by atoms with van der Waals surface area (Å²) in [5.41, 5.74) is 0.740. The number of carbonyl (C=O) groups excluding carboxylic acids is 1. The second-order valence-corrected chi connectivity index (χ2v) is 2.85. The van der Waals surface area contributed by atoms with Crippen molar-refractivity contribution in [1.29, 1.82) is 0 Å². The topological polar surface area (TPSA) is 55.1 Å². The molecule has 0 unspecified atom stereocenters. The Labute approximate surface area is 71.0 Å². The number of carbonyl (C=O) groups is 1. The van der Waals surface area contributed by atoms with Gasteiger partial charge in [0.15, 0.2) is 6.39 Å². The minimum Gasteiger partial charge on any atom is -0.451 e. The molecule has 66 valence electrons. The predicted molar refractivity (Wildman–Crippen MR) is 43.2 cm³/mol. The van der Waals surface area contributed by atoms with E-state index in [9.17, 15) is 4.79 Å². The lowest BCUT2D eigenvalue weighted by Gasteiger charge is -2.04. The van der Waals surface area contributed by atoms with E-state index in [0.29, 0.717) is 6.54 Å². The lowest BCUT2D eigenvalue weighted by atomic mass is 10.2. The molecular weight excluding hydrogens is 156 g/mol. The number of hydrogen-bond donors (Lipinski definition) is 1. The summed E-state index contributed by atoms with van der Waals surface area (Å²) in [5.74, 6) is 0.0369. The van der Waals surface area contributed by atoms with Gasteiger partial charge < -0.3 is 9.73 Å². The Balaban J connectivity index is 2.32. The van der Waals surface area contributed by atoms with Crippen LogP contribution in [0.5, 0.6) is 0 Å². The molecule has 0 aliphatic carbocycles. The van der Waals surface area contributed by atoms with E-state index in [1.165, 1.54) is 12.7 Å². The van der Waals surface area contributed by atoms with E-state index in [1.54, 1.807) is 0 Å². The van der Waals surface area contributed by atoms with Crippen molar-refractivity contribution >= 4 is 5.91 Å². The molecule has 0 atom stereocenters. The molecule has 0 aliphatic rings. The van der Waals surface area contributed by atoms with Crippen molar-refractivity contribution in [2.24, 2.45) is 5.92 Å². The maximum Gasteiger partial charge on any atom is 0.222 e. The first-order valence-electron chi connectivity index (χ1n) is 3.85. The molecule has 1 aromatic heterocycles. The van der Waals surface area contributed by atoms with Gasteiger partial charge in [-0.25, -0.2) is 4.98 Å². The molecule has 0 spiro atoms. The fourth-order valence-corrected chi connectivity index (χ4v) is 0.707. The van der Waals surface area contributed by atoms with Crippen molar-refractivity contribution in [2.45, 2.75) is 20.4 Å². The van der Waals surface area contributed by atoms with Crippen molar-refractivity contribution in [2.75, 3.05) is 0 Å². The fourth-order valence-electron chi connectivity index (χ4n) is 0.707. The molecule has 1 heterocycles. The first kappa shape index (κ1) is 8.77. The van der Waals surface area contributed by atoms with Crippen molar-refractivity contribution in [3.63, 3.8) is 0 Å². The van der Waals surface area contributed by atoms with Crippen LogP contribution in [0.15, 0.2) is 17.1 Å². The van der Waals surface area contributed by atoms with Crippen LogP contribution in [0.4, 0.5) is 0 Å².